The van der Waals surface area contributed by atoms with Gasteiger partial charge in [-0.25, -0.2) is 0 Å². The Balaban J connectivity index is 2.18. The maximum absolute atomic E-state index is 5.14. The first-order valence-corrected chi connectivity index (χ1v) is 7.44. The van der Waals surface area contributed by atoms with Crippen molar-refractivity contribution in [2.45, 2.75) is 33.4 Å². The molecule has 0 aliphatic carbocycles. The highest BCUT2D eigenvalue weighted by Gasteiger charge is 2.08. The number of nitrogens with one attached hydrogen (secondary N) is 1. The third kappa shape index (κ3) is 5.96. The van der Waals surface area contributed by atoms with Crippen LogP contribution in [0.2, 0.25) is 0 Å². The van der Waals surface area contributed by atoms with E-state index in [4.69, 9.17) is 4.74 Å². The van der Waals surface area contributed by atoms with Gasteiger partial charge in [-0.2, -0.15) is 0 Å². The SMILES string of the molecule is COCCN(CCNCc1ccc(C)s1)C(C)C. The van der Waals surface area contributed by atoms with E-state index in [0.717, 1.165) is 32.8 Å². The third-order valence-electron chi connectivity index (χ3n) is 2.98. The fourth-order valence-electron chi connectivity index (χ4n) is 1.85. The lowest BCUT2D eigenvalue weighted by molar-refractivity contribution is 0.130. The van der Waals surface area contributed by atoms with E-state index in [-0.39, 0.29) is 0 Å². The Bertz CT molecular complexity index is 325. The predicted molar refractivity (Wildman–Crippen MR) is 79.3 cm³/mol. The Hall–Kier alpha value is -0.420. The van der Waals surface area contributed by atoms with Crippen LogP contribution in [0.4, 0.5) is 0 Å². The zero-order valence-corrected chi connectivity index (χ0v) is 12.8. The van der Waals surface area contributed by atoms with E-state index in [1.165, 1.54) is 9.75 Å². The summed E-state index contributed by atoms with van der Waals surface area (Å²) in [6.07, 6.45) is 0. The molecule has 0 aliphatic rings. The van der Waals surface area contributed by atoms with Crippen molar-refractivity contribution in [3.8, 4) is 0 Å². The second kappa shape index (κ2) is 8.64. The monoisotopic (exact) mass is 270 g/mol. The van der Waals surface area contributed by atoms with Crippen LogP contribution in [0.5, 0.6) is 0 Å². The maximum atomic E-state index is 5.14. The van der Waals surface area contributed by atoms with E-state index in [1.807, 2.05) is 11.3 Å². The van der Waals surface area contributed by atoms with Crippen molar-refractivity contribution in [1.82, 2.24) is 10.2 Å². The summed E-state index contributed by atoms with van der Waals surface area (Å²) >= 11 is 1.87. The van der Waals surface area contributed by atoms with Crippen LogP contribution in [-0.2, 0) is 11.3 Å². The molecule has 1 rings (SSSR count). The van der Waals surface area contributed by atoms with E-state index in [2.05, 4.69) is 43.1 Å². The molecule has 18 heavy (non-hydrogen) atoms. The molecule has 0 saturated carbocycles. The Morgan fingerprint density at radius 1 is 1.33 bits per heavy atom. The minimum atomic E-state index is 0.575. The van der Waals surface area contributed by atoms with Gasteiger partial charge in [0, 0.05) is 49.1 Å². The number of hydrogen-bond donors (Lipinski definition) is 1. The third-order valence-corrected chi connectivity index (χ3v) is 3.98. The van der Waals surface area contributed by atoms with Gasteiger partial charge in [0.25, 0.3) is 0 Å². The molecule has 4 heteroatoms. The Kier molecular flexibility index (Phi) is 7.51. The van der Waals surface area contributed by atoms with Crippen LogP contribution in [0.3, 0.4) is 0 Å². The molecule has 0 radical (unpaired) electrons. The first kappa shape index (κ1) is 15.6. The van der Waals surface area contributed by atoms with Crippen LogP contribution < -0.4 is 5.32 Å². The average molecular weight is 270 g/mol. The molecule has 1 N–H and O–H groups in total. The molecule has 0 fully saturated rings. The Morgan fingerprint density at radius 3 is 2.67 bits per heavy atom. The standard InChI is InChI=1S/C14H26N2OS/c1-12(2)16(9-10-17-4)8-7-15-11-14-6-5-13(3)18-14/h5-6,12,15H,7-11H2,1-4H3. The first-order chi connectivity index (χ1) is 8.63. The Labute approximate surface area is 115 Å². The quantitative estimate of drug-likeness (QED) is 0.698. The normalized spacial score (nSPS) is 11.7. The molecule has 0 aliphatic heterocycles. The summed E-state index contributed by atoms with van der Waals surface area (Å²) in [7, 11) is 1.76. The van der Waals surface area contributed by atoms with Gasteiger partial charge in [0.2, 0.25) is 0 Å². The summed E-state index contributed by atoms with van der Waals surface area (Å²) in [6, 6.07) is 4.96. The van der Waals surface area contributed by atoms with E-state index in [9.17, 15) is 0 Å². The molecular weight excluding hydrogens is 244 g/mol. The van der Waals surface area contributed by atoms with Crippen molar-refractivity contribution >= 4 is 11.3 Å². The van der Waals surface area contributed by atoms with Gasteiger partial charge in [0.05, 0.1) is 6.61 Å². The smallest absolute Gasteiger partial charge is 0.0589 e. The van der Waals surface area contributed by atoms with Crippen LogP contribution >= 0.6 is 11.3 Å². The fourth-order valence-corrected chi connectivity index (χ4v) is 2.71. The highest BCUT2D eigenvalue weighted by molar-refractivity contribution is 7.11. The molecule has 1 aromatic rings. The zero-order chi connectivity index (χ0) is 13.4. The molecule has 104 valence electrons. The van der Waals surface area contributed by atoms with Crippen molar-refractivity contribution in [2.75, 3.05) is 33.4 Å². The summed E-state index contributed by atoms with van der Waals surface area (Å²) in [5, 5.41) is 3.50. The average Bonchev–Trinajstić information content (AvgIpc) is 2.73. The second-order valence-corrected chi connectivity index (χ2v) is 6.18. The second-order valence-electron chi connectivity index (χ2n) is 4.81. The highest BCUT2D eigenvalue weighted by atomic mass is 32.1. The number of aryl methyl sites for hydroxylation is 1. The lowest BCUT2D eigenvalue weighted by atomic mass is 10.3. The molecule has 0 spiro atoms. The number of thiophene rings is 1. The molecule has 1 heterocycles. The molecule has 0 bridgehead atoms. The van der Waals surface area contributed by atoms with Gasteiger partial charge in [-0.05, 0) is 32.9 Å². The van der Waals surface area contributed by atoms with Crippen LogP contribution in [0.25, 0.3) is 0 Å². The topological polar surface area (TPSA) is 24.5 Å². The molecule has 1 aromatic heterocycles. The van der Waals surface area contributed by atoms with Crippen molar-refractivity contribution in [3.05, 3.63) is 21.9 Å². The molecular formula is C14H26N2OS. The van der Waals surface area contributed by atoms with Crippen LogP contribution in [0.15, 0.2) is 12.1 Å². The van der Waals surface area contributed by atoms with Gasteiger partial charge in [0.15, 0.2) is 0 Å². The van der Waals surface area contributed by atoms with Crippen LogP contribution in [0, 0.1) is 6.92 Å². The van der Waals surface area contributed by atoms with Crippen molar-refractivity contribution in [1.29, 1.82) is 0 Å². The number of ether oxygens (including phenoxy) is 1. The molecule has 0 unspecified atom stereocenters. The predicted octanol–water partition coefficient (Wildman–Crippen LogP) is 2.50. The number of hydrogen-bond acceptors (Lipinski definition) is 4. The molecule has 0 saturated heterocycles. The van der Waals surface area contributed by atoms with Gasteiger partial charge < -0.3 is 10.1 Å². The summed E-state index contributed by atoms with van der Waals surface area (Å²) in [6.45, 7) is 11.5. The van der Waals surface area contributed by atoms with Gasteiger partial charge in [0.1, 0.15) is 0 Å². The van der Waals surface area contributed by atoms with Gasteiger partial charge >= 0.3 is 0 Å². The van der Waals surface area contributed by atoms with E-state index in [0.29, 0.717) is 6.04 Å². The van der Waals surface area contributed by atoms with Crippen molar-refractivity contribution < 1.29 is 4.74 Å². The Morgan fingerprint density at radius 2 is 2.11 bits per heavy atom. The lowest BCUT2D eigenvalue weighted by Crippen LogP contribution is -2.38. The fraction of sp³-hybridized carbons (Fsp3) is 0.714. The summed E-state index contributed by atoms with van der Waals surface area (Å²) in [4.78, 5) is 5.24. The van der Waals surface area contributed by atoms with Gasteiger partial charge in [-0.3, -0.25) is 4.90 Å². The number of nitrogens with zero attached hydrogens (tertiary/aromatic N) is 1. The van der Waals surface area contributed by atoms with Gasteiger partial charge in [-0.1, -0.05) is 0 Å². The van der Waals surface area contributed by atoms with Crippen LogP contribution in [-0.4, -0.2) is 44.3 Å². The molecule has 0 amide bonds. The molecule has 3 nitrogen and oxygen atoms in total. The summed E-state index contributed by atoms with van der Waals surface area (Å²) < 4.78 is 5.14. The van der Waals surface area contributed by atoms with E-state index in [1.54, 1.807) is 7.11 Å². The largest absolute Gasteiger partial charge is 0.383 e. The highest BCUT2D eigenvalue weighted by Crippen LogP contribution is 2.14. The van der Waals surface area contributed by atoms with Crippen LogP contribution in [0.1, 0.15) is 23.6 Å². The summed E-state index contributed by atoms with van der Waals surface area (Å²) in [5.74, 6) is 0. The summed E-state index contributed by atoms with van der Waals surface area (Å²) in [5.41, 5.74) is 0. The maximum Gasteiger partial charge on any atom is 0.0589 e. The van der Waals surface area contributed by atoms with Crippen molar-refractivity contribution in [2.24, 2.45) is 0 Å². The van der Waals surface area contributed by atoms with E-state index >= 15 is 0 Å². The number of methoxy groups -OCH3 is 1. The minimum Gasteiger partial charge on any atom is -0.383 e. The minimum absolute atomic E-state index is 0.575. The van der Waals surface area contributed by atoms with Gasteiger partial charge in [-0.15, -0.1) is 11.3 Å². The first-order valence-electron chi connectivity index (χ1n) is 6.62. The number of rotatable bonds is 9. The lowest BCUT2D eigenvalue weighted by Gasteiger charge is -2.26. The van der Waals surface area contributed by atoms with Crippen molar-refractivity contribution in [3.63, 3.8) is 0 Å². The molecule has 0 atom stereocenters. The molecule has 0 aromatic carbocycles. The van der Waals surface area contributed by atoms with E-state index < -0.39 is 0 Å². The zero-order valence-electron chi connectivity index (χ0n) is 12.0.